The van der Waals surface area contributed by atoms with E-state index >= 15 is 0 Å². The molecule has 0 spiro atoms. The van der Waals surface area contributed by atoms with Crippen LogP contribution in [0.4, 0.5) is 8.78 Å². The highest BCUT2D eigenvalue weighted by Gasteiger charge is 2.34. The number of fused-ring (bicyclic) bond motifs is 1. The van der Waals surface area contributed by atoms with Gasteiger partial charge in [0.15, 0.2) is 0 Å². The third-order valence-corrected chi connectivity index (χ3v) is 6.88. The molecule has 0 radical (unpaired) electrons. The van der Waals surface area contributed by atoms with Crippen molar-refractivity contribution in [3.05, 3.63) is 47.8 Å². The predicted octanol–water partition coefficient (Wildman–Crippen LogP) is 7.18. The summed E-state index contributed by atoms with van der Waals surface area (Å²) < 4.78 is 31.1. The Kier molecular flexibility index (Phi) is 9.46. The number of aromatic nitrogens is 2. The number of aromatic amines is 1. The van der Waals surface area contributed by atoms with Gasteiger partial charge in [0, 0.05) is 32.9 Å². The van der Waals surface area contributed by atoms with E-state index in [0.717, 1.165) is 42.1 Å². The third-order valence-electron chi connectivity index (χ3n) is 6.88. The van der Waals surface area contributed by atoms with Gasteiger partial charge >= 0.3 is 0 Å². The second-order valence-electron chi connectivity index (χ2n) is 9.74. The monoisotopic (exact) mass is 499 g/mol. The van der Waals surface area contributed by atoms with Crippen LogP contribution < -0.4 is 4.74 Å². The molecule has 2 heterocycles. The molecule has 1 atom stereocenters. The number of rotatable bonds is 7. The molecule has 1 aliphatic rings. The zero-order valence-corrected chi connectivity index (χ0v) is 22.2. The van der Waals surface area contributed by atoms with Gasteiger partial charge in [-0.3, -0.25) is 4.79 Å². The predicted molar refractivity (Wildman–Crippen MR) is 142 cm³/mol. The number of alkyl halides is 2. The number of nitrogens with one attached hydrogen (secondary N) is 1. The van der Waals surface area contributed by atoms with Crippen LogP contribution in [0.3, 0.4) is 0 Å². The van der Waals surface area contributed by atoms with Crippen molar-refractivity contribution in [1.82, 2.24) is 14.9 Å². The minimum atomic E-state index is -2.55. The van der Waals surface area contributed by atoms with Crippen LogP contribution in [0.2, 0.25) is 0 Å². The number of benzene rings is 2. The zero-order valence-electron chi connectivity index (χ0n) is 22.2. The van der Waals surface area contributed by atoms with Gasteiger partial charge in [0.25, 0.3) is 5.92 Å². The molecular weight excluding hydrogens is 460 g/mol. The Morgan fingerprint density at radius 1 is 1.14 bits per heavy atom. The fourth-order valence-corrected chi connectivity index (χ4v) is 4.22. The summed E-state index contributed by atoms with van der Waals surface area (Å²) in [7, 11) is 0. The molecule has 196 valence electrons. The summed E-state index contributed by atoms with van der Waals surface area (Å²) in [4.78, 5) is 19.9. The topological polar surface area (TPSA) is 58.2 Å². The Morgan fingerprint density at radius 2 is 1.81 bits per heavy atom. The Morgan fingerprint density at radius 3 is 2.44 bits per heavy atom. The summed E-state index contributed by atoms with van der Waals surface area (Å²) in [5.74, 6) is 0.0280. The van der Waals surface area contributed by atoms with Crippen molar-refractivity contribution >= 4 is 16.9 Å². The van der Waals surface area contributed by atoms with Crippen LogP contribution in [0.15, 0.2) is 36.4 Å². The van der Waals surface area contributed by atoms with Crippen molar-refractivity contribution in [2.45, 2.75) is 72.6 Å². The molecule has 1 amide bonds. The first-order valence-electron chi connectivity index (χ1n) is 13.0. The Hall–Kier alpha value is -2.96. The van der Waals surface area contributed by atoms with Crippen molar-refractivity contribution in [3.63, 3.8) is 0 Å². The number of hydrogen-bond donors (Lipinski definition) is 1. The van der Waals surface area contributed by atoms with Gasteiger partial charge in [-0.05, 0) is 66.6 Å². The van der Waals surface area contributed by atoms with Crippen molar-refractivity contribution in [1.29, 1.82) is 0 Å². The maximum Gasteiger partial charge on any atom is 0.251 e. The number of carbonyl (C=O) groups excluding carboxylic acids is 1. The molecule has 0 bridgehead atoms. The summed E-state index contributed by atoms with van der Waals surface area (Å²) in [5.41, 5.74) is 5.80. The molecule has 3 aromatic rings. The first-order valence-corrected chi connectivity index (χ1v) is 13.0. The second kappa shape index (κ2) is 12.3. The van der Waals surface area contributed by atoms with E-state index in [0.29, 0.717) is 5.92 Å². The zero-order chi connectivity index (χ0) is 26.3. The maximum atomic E-state index is 12.5. The normalized spacial score (nSPS) is 15.8. The molecule has 0 aliphatic carbocycles. The van der Waals surface area contributed by atoms with Gasteiger partial charge in [0.05, 0.1) is 17.6 Å². The Balaban J connectivity index is 0.000000275. The fraction of sp³-hybridized carbons (Fsp3) is 0.517. The number of carbonyl (C=O) groups is 1. The Bertz CT molecular complexity index is 1150. The number of ether oxygens (including phenoxy) is 1. The maximum absolute atomic E-state index is 12.5. The standard InChI is InChI=1S/C22H28N2O.C7H11F2NO/c1-5-15(3)11-12-25-22-10-8-18(13-17(22)6-2)19-7-9-20-21(14-19)24-16(4)23-20;1-6(11)10-4-2-7(8,9)3-5-10/h7-10,13-15H,5-6,11-12H2,1-4H3,(H,23,24);2-5H2,1H3. The molecule has 4 rings (SSSR count). The molecule has 1 N–H and O–H groups in total. The van der Waals surface area contributed by atoms with Crippen LogP contribution in [0, 0.1) is 12.8 Å². The molecule has 7 heteroatoms. The van der Waals surface area contributed by atoms with Crippen LogP contribution in [0.5, 0.6) is 5.75 Å². The fourth-order valence-electron chi connectivity index (χ4n) is 4.22. The van der Waals surface area contributed by atoms with E-state index in [9.17, 15) is 13.6 Å². The number of aryl methyl sites for hydroxylation is 2. The lowest BCUT2D eigenvalue weighted by Crippen LogP contribution is -2.41. The highest BCUT2D eigenvalue weighted by molar-refractivity contribution is 5.82. The first-order chi connectivity index (χ1) is 17.1. The van der Waals surface area contributed by atoms with Gasteiger partial charge in [-0.15, -0.1) is 0 Å². The van der Waals surface area contributed by atoms with E-state index in [4.69, 9.17) is 4.74 Å². The van der Waals surface area contributed by atoms with E-state index in [1.165, 1.54) is 34.9 Å². The van der Waals surface area contributed by atoms with Crippen LogP contribution in [-0.4, -0.2) is 46.4 Å². The summed E-state index contributed by atoms with van der Waals surface area (Å²) in [6.07, 6.45) is 2.91. The highest BCUT2D eigenvalue weighted by Crippen LogP contribution is 2.30. The van der Waals surface area contributed by atoms with Gasteiger partial charge in [-0.1, -0.05) is 39.3 Å². The largest absolute Gasteiger partial charge is 0.493 e. The van der Waals surface area contributed by atoms with Gasteiger partial charge in [-0.2, -0.15) is 0 Å². The van der Waals surface area contributed by atoms with E-state index < -0.39 is 5.92 Å². The quantitative estimate of drug-likeness (QED) is 0.375. The molecule has 2 aromatic carbocycles. The molecule has 1 unspecified atom stereocenters. The first kappa shape index (κ1) is 27.6. The minimum Gasteiger partial charge on any atom is -0.493 e. The lowest BCUT2D eigenvalue weighted by atomic mass is 10.0. The molecule has 0 saturated carbocycles. The smallest absolute Gasteiger partial charge is 0.251 e. The summed E-state index contributed by atoms with van der Waals surface area (Å²) in [5, 5.41) is 0. The number of nitrogens with zero attached hydrogens (tertiary/aromatic N) is 2. The average molecular weight is 500 g/mol. The summed E-state index contributed by atoms with van der Waals surface area (Å²) in [6, 6.07) is 12.9. The van der Waals surface area contributed by atoms with E-state index in [2.05, 4.69) is 67.1 Å². The highest BCUT2D eigenvalue weighted by atomic mass is 19.3. The third kappa shape index (κ3) is 7.52. The number of halogens is 2. The molecule has 1 fully saturated rings. The van der Waals surface area contributed by atoms with Crippen LogP contribution >= 0.6 is 0 Å². The lowest BCUT2D eigenvalue weighted by Gasteiger charge is -2.30. The number of H-pyrrole nitrogens is 1. The van der Waals surface area contributed by atoms with Gasteiger partial charge in [0.2, 0.25) is 5.91 Å². The van der Waals surface area contributed by atoms with E-state index in [1.807, 2.05) is 6.92 Å². The van der Waals surface area contributed by atoms with Crippen molar-refractivity contribution in [3.8, 4) is 16.9 Å². The minimum absolute atomic E-state index is 0.111. The number of amides is 1. The molecule has 1 aliphatic heterocycles. The van der Waals surface area contributed by atoms with Crippen molar-refractivity contribution in [2.75, 3.05) is 19.7 Å². The van der Waals surface area contributed by atoms with E-state index in [-0.39, 0.29) is 31.8 Å². The van der Waals surface area contributed by atoms with Gasteiger partial charge in [-0.25, -0.2) is 13.8 Å². The number of piperidine rings is 1. The molecule has 5 nitrogen and oxygen atoms in total. The molecule has 36 heavy (non-hydrogen) atoms. The summed E-state index contributed by atoms with van der Waals surface area (Å²) in [6.45, 7) is 11.3. The van der Waals surface area contributed by atoms with E-state index in [1.54, 1.807) is 0 Å². The average Bonchev–Trinajstić information content (AvgIpc) is 3.23. The van der Waals surface area contributed by atoms with Crippen LogP contribution in [0.25, 0.3) is 22.2 Å². The van der Waals surface area contributed by atoms with Crippen molar-refractivity contribution in [2.24, 2.45) is 5.92 Å². The molecule has 1 saturated heterocycles. The number of imidazole rings is 1. The van der Waals surface area contributed by atoms with Crippen molar-refractivity contribution < 1.29 is 18.3 Å². The van der Waals surface area contributed by atoms with Gasteiger partial charge < -0.3 is 14.6 Å². The molecular formula is C29H39F2N3O2. The lowest BCUT2D eigenvalue weighted by molar-refractivity contribution is -0.134. The molecule has 1 aromatic heterocycles. The number of hydrogen-bond acceptors (Lipinski definition) is 3. The number of likely N-dealkylation sites (tertiary alicyclic amines) is 1. The van der Waals surface area contributed by atoms with Crippen LogP contribution in [-0.2, 0) is 11.2 Å². The van der Waals surface area contributed by atoms with Gasteiger partial charge in [0.1, 0.15) is 11.6 Å². The summed E-state index contributed by atoms with van der Waals surface area (Å²) >= 11 is 0. The second-order valence-corrected chi connectivity index (χ2v) is 9.74. The SMILES string of the molecule is CC(=O)N1CCC(F)(F)CC1.CCc1cc(-c2ccc3nc(C)[nH]c3c2)ccc1OCCC(C)CC. The van der Waals surface area contributed by atoms with Crippen LogP contribution in [0.1, 0.15) is 64.8 Å². The Labute approximate surface area is 213 Å².